The third kappa shape index (κ3) is 3.16. The van der Waals surface area contributed by atoms with E-state index in [0.29, 0.717) is 10.8 Å². The number of carbonyl (C=O) groups is 1. The summed E-state index contributed by atoms with van der Waals surface area (Å²) in [6, 6.07) is 7.23. The molecule has 0 aliphatic carbocycles. The van der Waals surface area contributed by atoms with Gasteiger partial charge in [-0.1, -0.05) is 23.7 Å². The minimum absolute atomic E-state index is 0.0506. The lowest BCUT2D eigenvalue weighted by Crippen LogP contribution is -2.43. The average molecular weight is 268 g/mol. The summed E-state index contributed by atoms with van der Waals surface area (Å²) in [4.78, 5) is 14.1. The summed E-state index contributed by atoms with van der Waals surface area (Å²) in [6.45, 7) is 3.46. The maximum atomic E-state index is 12.2. The van der Waals surface area contributed by atoms with Crippen molar-refractivity contribution in [3.05, 3.63) is 29.3 Å². The lowest BCUT2D eigenvalue weighted by molar-refractivity contribution is -0.138. The van der Waals surface area contributed by atoms with Gasteiger partial charge >= 0.3 is 0 Å². The molecule has 4 heteroatoms. The van der Waals surface area contributed by atoms with Crippen LogP contribution in [0.4, 0.5) is 0 Å². The molecule has 1 heterocycles. The van der Waals surface area contributed by atoms with Gasteiger partial charge in [-0.3, -0.25) is 4.79 Å². The Morgan fingerprint density at radius 3 is 2.61 bits per heavy atom. The molecule has 0 aromatic heterocycles. The largest absolute Gasteiger partial charge is 0.479 e. The van der Waals surface area contributed by atoms with Gasteiger partial charge in [0.15, 0.2) is 6.10 Å². The molecule has 1 aliphatic heterocycles. The molecule has 1 atom stereocenters. The summed E-state index contributed by atoms with van der Waals surface area (Å²) in [6.07, 6.45) is 2.90. The highest BCUT2D eigenvalue weighted by Gasteiger charge is 2.23. The molecular formula is C14H18ClNO2. The van der Waals surface area contributed by atoms with E-state index in [0.717, 1.165) is 25.9 Å². The molecule has 0 unspecified atom stereocenters. The monoisotopic (exact) mass is 267 g/mol. The van der Waals surface area contributed by atoms with E-state index in [1.807, 2.05) is 17.0 Å². The van der Waals surface area contributed by atoms with E-state index in [2.05, 4.69) is 0 Å². The van der Waals surface area contributed by atoms with Crippen LogP contribution in [0.2, 0.25) is 5.02 Å². The lowest BCUT2D eigenvalue weighted by atomic mass is 10.1. The predicted molar refractivity (Wildman–Crippen MR) is 72.0 cm³/mol. The molecule has 0 spiro atoms. The Morgan fingerprint density at radius 1 is 1.28 bits per heavy atom. The van der Waals surface area contributed by atoms with Gasteiger partial charge in [-0.15, -0.1) is 0 Å². The Kier molecular flexibility index (Phi) is 4.48. The number of halogens is 1. The molecular weight excluding hydrogens is 250 g/mol. The fourth-order valence-electron chi connectivity index (χ4n) is 2.15. The summed E-state index contributed by atoms with van der Waals surface area (Å²) in [5.74, 6) is 0.617. The smallest absolute Gasteiger partial charge is 0.263 e. The van der Waals surface area contributed by atoms with Crippen molar-refractivity contribution in [1.29, 1.82) is 0 Å². The van der Waals surface area contributed by atoms with E-state index >= 15 is 0 Å². The first-order valence-corrected chi connectivity index (χ1v) is 6.76. The van der Waals surface area contributed by atoms with Crippen LogP contribution in [0.25, 0.3) is 0 Å². The first kappa shape index (κ1) is 13.2. The molecule has 0 radical (unpaired) electrons. The second-order valence-corrected chi connectivity index (χ2v) is 4.98. The molecule has 1 aliphatic rings. The van der Waals surface area contributed by atoms with Crippen molar-refractivity contribution in [2.24, 2.45) is 0 Å². The van der Waals surface area contributed by atoms with Crippen molar-refractivity contribution in [2.45, 2.75) is 32.3 Å². The number of hydrogen-bond acceptors (Lipinski definition) is 2. The maximum Gasteiger partial charge on any atom is 0.263 e. The number of likely N-dealkylation sites (tertiary alicyclic amines) is 1. The van der Waals surface area contributed by atoms with E-state index in [9.17, 15) is 4.79 Å². The fraction of sp³-hybridized carbons (Fsp3) is 0.500. The highest BCUT2D eigenvalue weighted by Crippen LogP contribution is 2.24. The molecule has 1 aromatic carbocycles. The Morgan fingerprint density at radius 2 is 1.94 bits per heavy atom. The standard InChI is InChI=1S/C14H18ClNO2/c1-11(14(17)16-9-5-2-6-10-16)18-13-8-4-3-7-12(13)15/h3-4,7-8,11H,2,5-6,9-10H2,1H3/t11-/m1/s1. The van der Waals surface area contributed by atoms with Crippen LogP contribution in [0, 0.1) is 0 Å². The highest BCUT2D eigenvalue weighted by molar-refractivity contribution is 6.32. The van der Waals surface area contributed by atoms with Crippen molar-refractivity contribution in [3.63, 3.8) is 0 Å². The number of ether oxygens (including phenoxy) is 1. The van der Waals surface area contributed by atoms with Gasteiger partial charge in [0.2, 0.25) is 0 Å². The van der Waals surface area contributed by atoms with Gasteiger partial charge in [-0.25, -0.2) is 0 Å². The van der Waals surface area contributed by atoms with E-state index in [1.165, 1.54) is 6.42 Å². The van der Waals surface area contributed by atoms with Crippen LogP contribution in [0.5, 0.6) is 5.75 Å². The molecule has 0 bridgehead atoms. The van der Waals surface area contributed by atoms with Gasteiger partial charge in [-0.2, -0.15) is 0 Å². The molecule has 1 amide bonds. The molecule has 3 nitrogen and oxygen atoms in total. The minimum Gasteiger partial charge on any atom is -0.479 e. The Bertz CT molecular complexity index is 416. The second kappa shape index (κ2) is 6.10. The zero-order valence-corrected chi connectivity index (χ0v) is 11.3. The summed E-state index contributed by atoms with van der Waals surface area (Å²) in [5.41, 5.74) is 0. The van der Waals surface area contributed by atoms with E-state index in [-0.39, 0.29) is 5.91 Å². The van der Waals surface area contributed by atoms with E-state index < -0.39 is 6.10 Å². The number of nitrogens with zero attached hydrogens (tertiary/aromatic N) is 1. The molecule has 2 rings (SSSR count). The summed E-state index contributed by atoms with van der Waals surface area (Å²) in [5, 5.41) is 0.538. The van der Waals surface area contributed by atoms with Gasteiger partial charge in [0.1, 0.15) is 5.75 Å². The third-order valence-electron chi connectivity index (χ3n) is 3.16. The highest BCUT2D eigenvalue weighted by atomic mass is 35.5. The van der Waals surface area contributed by atoms with Crippen LogP contribution >= 0.6 is 11.6 Å². The molecule has 1 fully saturated rings. The Balaban J connectivity index is 1.96. The molecule has 0 N–H and O–H groups in total. The number of amides is 1. The fourth-order valence-corrected chi connectivity index (χ4v) is 2.33. The van der Waals surface area contributed by atoms with Crippen molar-refractivity contribution in [1.82, 2.24) is 4.90 Å². The summed E-state index contributed by atoms with van der Waals surface area (Å²) < 4.78 is 5.64. The topological polar surface area (TPSA) is 29.5 Å². The first-order valence-electron chi connectivity index (χ1n) is 6.38. The lowest BCUT2D eigenvalue weighted by Gasteiger charge is -2.29. The number of hydrogen-bond donors (Lipinski definition) is 0. The normalized spacial score (nSPS) is 17.3. The maximum absolute atomic E-state index is 12.2. The average Bonchev–Trinajstić information content (AvgIpc) is 2.41. The number of rotatable bonds is 3. The van der Waals surface area contributed by atoms with Gasteiger partial charge in [-0.05, 0) is 38.3 Å². The molecule has 98 valence electrons. The number of para-hydroxylation sites is 1. The van der Waals surface area contributed by atoms with Crippen LogP contribution in [0.3, 0.4) is 0 Å². The van der Waals surface area contributed by atoms with Crippen molar-refractivity contribution >= 4 is 17.5 Å². The summed E-state index contributed by atoms with van der Waals surface area (Å²) >= 11 is 6.01. The molecule has 18 heavy (non-hydrogen) atoms. The van der Waals surface area contributed by atoms with Crippen LogP contribution in [0.1, 0.15) is 26.2 Å². The van der Waals surface area contributed by atoms with Gasteiger partial charge < -0.3 is 9.64 Å². The SMILES string of the molecule is C[C@@H](Oc1ccccc1Cl)C(=O)N1CCCCC1. The van der Waals surface area contributed by atoms with Crippen LogP contribution in [-0.2, 0) is 4.79 Å². The Labute approximate surface area is 113 Å². The first-order chi connectivity index (χ1) is 8.68. The van der Waals surface area contributed by atoms with Gasteiger partial charge in [0.05, 0.1) is 5.02 Å². The zero-order valence-electron chi connectivity index (χ0n) is 10.6. The number of benzene rings is 1. The van der Waals surface area contributed by atoms with Crippen LogP contribution < -0.4 is 4.74 Å². The van der Waals surface area contributed by atoms with Gasteiger partial charge in [0.25, 0.3) is 5.91 Å². The second-order valence-electron chi connectivity index (χ2n) is 4.58. The van der Waals surface area contributed by atoms with Crippen LogP contribution in [0.15, 0.2) is 24.3 Å². The summed E-state index contributed by atoms with van der Waals surface area (Å²) in [7, 11) is 0. The zero-order chi connectivity index (χ0) is 13.0. The predicted octanol–water partition coefficient (Wildman–Crippen LogP) is 3.12. The number of carbonyl (C=O) groups excluding carboxylic acids is 1. The van der Waals surface area contributed by atoms with Crippen LogP contribution in [-0.4, -0.2) is 30.0 Å². The van der Waals surface area contributed by atoms with Gasteiger partial charge in [0, 0.05) is 13.1 Å². The van der Waals surface area contributed by atoms with Crippen molar-refractivity contribution in [2.75, 3.05) is 13.1 Å². The molecule has 1 aromatic rings. The quantitative estimate of drug-likeness (QED) is 0.842. The third-order valence-corrected chi connectivity index (χ3v) is 3.47. The molecule has 1 saturated heterocycles. The van der Waals surface area contributed by atoms with Crippen molar-refractivity contribution in [3.8, 4) is 5.75 Å². The molecule has 0 saturated carbocycles. The minimum atomic E-state index is -0.483. The number of piperidine rings is 1. The van der Waals surface area contributed by atoms with E-state index in [1.54, 1.807) is 19.1 Å². The van der Waals surface area contributed by atoms with Crippen molar-refractivity contribution < 1.29 is 9.53 Å². The van der Waals surface area contributed by atoms with E-state index in [4.69, 9.17) is 16.3 Å². The Hall–Kier alpha value is -1.22.